The lowest BCUT2D eigenvalue weighted by atomic mass is 9.91. The van der Waals surface area contributed by atoms with Gasteiger partial charge in [0.05, 0.1) is 18.6 Å². The van der Waals surface area contributed by atoms with Crippen LogP contribution in [-0.4, -0.2) is 87.3 Å². The molecule has 1 unspecified atom stereocenters. The molecule has 0 aromatic rings. The molecule has 1 rings (SSSR count). The lowest BCUT2D eigenvalue weighted by molar-refractivity contribution is -0.190. The Balaban J connectivity index is 2.41. The maximum atomic E-state index is 12.8. The van der Waals surface area contributed by atoms with Gasteiger partial charge in [-0.25, -0.2) is 0 Å². The van der Waals surface area contributed by atoms with Crippen molar-refractivity contribution in [3.05, 3.63) is 0 Å². The van der Waals surface area contributed by atoms with Gasteiger partial charge < -0.3 is 38.3 Å². The van der Waals surface area contributed by atoms with Crippen LogP contribution in [-0.2, 0) is 52.3 Å². The van der Waals surface area contributed by atoms with Crippen LogP contribution in [0.2, 0.25) is 0 Å². The number of unbranched alkanes of at least 4 members (excludes halogenated alkanes) is 12. The minimum atomic E-state index is -1.33. The maximum Gasteiger partial charge on any atom is 0.317 e. The fourth-order valence-electron chi connectivity index (χ4n) is 5.61. The third-order valence-electron chi connectivity index (χ3n) is 9.34. The zero-order chi connectivity index (χ0) is 38.5. The molecule has 1 N–H and O–H groups in total. The predicted molar refractivity (Wildman–Crippen MR) is 197 cm³/mol. The molecule has 0 aliphatic heterocycles. The summed E-state index contributed by atoms with van der Waals surface area (Å²) in [7, 11) is 0. The summed E-state index contributed by atoms with van der Waals surface area (Å²) in [6.45, 7) is 8.30. The first-order valence-corrected chi connectivity index (χ1v) is 20.1. The maximum absolute atomic E-state index is 12.8. The molecule has 0 aromatic heterocycles. The standard InChI is InChI=1S/C40H72O12/c1-6-8-10-12-14-16-18-20-36(42)47-26-35(27-48-37(43)21-19-17-15-13-11-9-7-2)51-31-46-30-50-33-22-24-34(25-23-33)52-39(45)40(5,28-41)29-49-38(44)32(3)4/h32-35,41H,6-31H2,1-5H3. The van der Waals surface area contributed by atoms with Crippen LogP contribution in [0.4, 0.5) is 0 Å². The molecule has 12 heteroatoms. The van der Waals surface area contributed by atoms with Crippen molar-refractivity contribution in [1.29, 1.82) is 0 Å². The fraction of sp³-hybridized carbons (Fsp3) is 0.900. The molecular weight excluding hydrogens is 672 g/mol. The highest BCUT2D eigenvalue weighted by Crippen LogP contribution is 2.27. The Labute approximate surface area is 313 Å². The van der Waals surface area contributed by atoms with E-state index in [4.69, 9.17) is 33.2 Å². The molecule has 0 spiro atoms. The van der Waals surface area contributed by atoms with Gasteiger partial charge in [0.2, 0.25) is 0 Å². The number of rotatable bonds is 32. The Morgan fingerprint density at radius 3 is 1.63 bits per heavy atom. The van der Waals surface area contributed by atoms with Gasteiger partial charge in [0.25, 0.3) is 0 Å². The number of esters is 4. The molecule has 0 aromatic carbocycles. The Kier molecular flexibility index (Phi) is 27.6. The zero-order valence-electron chi connectivity index (χ0n) is 33.1. The monoisotopic (exact) mass is 745 g/mol. The summed E-state index contributed by atoms with van der Waals surface area (Å²) in [5.74, 6) is -1.97. The molecule has 1 atom stereocenters. The summed E-state index contributed by atoms with van der Waals surface area (Å²) < 4.78 is 39.0. The van der Waals surface area contributed by atoms with Crippen LogP contribution in [0, 0.1) is 11.3 Å². The van der Waals surface area contributed by atoms with Gasteiger partial charge >= 0.3 is 23.9 Å². The van der Waals surface area contributed by atoms with Crippen molar-refractivity contribution in [2.75, 3.05) is 40.0 Å². The molecule has 0 amide bonds. The first-order chi connectivity index (χ1) is 25.0. The number of aliphatic hydroxyl groups is 1. The highest BCUT2D eigenvalue weighted by Gasteiger charge is 2.38. The highest BCUT2D eigenvalue weighted by atomic mass is 16.7. The Hall–Kier alpha value is -2.28. The molecule has 1 saturated carbocycles. The first kappa shape index (κ1) is 47.7. The van der Waals surface area contributed by atoms with Gasteiger partial charge in [0.15, 0.2) is 0 Å². The summed E-state index contributed by atoms with van der Waals surface area (Å²) in [5, 5.41) is 9.82. The summed E-state index contributed by atoms with van der Waals surface area (Å²) >= 11 is 0. The summed E-state index contributed by atoms with van der Waals surface area (Å²) in [6.07, 6.45) is 17.6. The van der Waals surface area contributed by atoms with E-state index < -0.39 is 30.1 Å². The Morgan fingerprint density at radius 1 is 0.673 bits per heavy atom. The van der Waals surface area contributed by atoms with Crippen molar-refractivity contribution in [1.82, 2.24) is 0 Å². The molecule has 1 aliphatic rings. The largest absolute Gasteiger partial charge is 0.464 e. The van der Waals surface area contributed by atoms with Crippen LogP contribution < -0.4 is 0 Å². The van der Waals surface area contributed by atoms with Crippen molar-refractivity contribution < 1.29 is 57.4 Å². The van der Waals surface area contributed by atoms with Gasteiger partial charge in [0.1, 0.15) is 51.0 Å². The number of ether oxygens (including phenoxy) is 7. The van der Waals surface area contributed by atoms with E-state index >= 15 is 0 Å². The summed E-state index contributed by atoms with van der Waals surface area (Å²) in [5.41, 5.74) is -1.33. The fourth-order valence-corrected chi connectivity index (χ4v) is 5.61. The number of hydrogen-bond donors (Lipinski definition) is 1. The zero-order valence-corrected chi connectivity index (χ0v) is 33.1. The normalized spacial score (nSPS) is 17.2. The lowest BCUT2D eigenvalue weighted by Gasteiger charge is -2.31. The quantitative estimate of drug-likeness (QED) is 0.0310. The molecular formula is C40H72O12. The second-order valence-corrected chi connectivity index (χ2v) is 14.8. The number of hydrogen-bond acceptors (Lipinski definition) is 12. The topological polar surface area (TPSA) is 153 Å². The molecule has 12 nitrogen and oxygen atoms in total. The average molecular weight is 745 g/mol. The van der Waals surface area contributed by atoms with Crippen molar-refractivity contribution in [2.45, 2.75) is 181 Å². The van der Waals surface area contributed by atoms with Crippen LogP contribution >= 0.6 is 0 Å². The Morgan fingerprint density at radius 2 is 1.15 bits per heavy atom. The average Bonchev–Trinajstić information content (AvgIpc) is 3.14. The lowest BCUT2D eigenvalue weighted by Crippen LogP contribution is -2.41. The van der Waals surface area contributed by atoms with Gasteiger partial charge in [-0.15, -0.1) is 0 Å². The van der Waals surface area contributed by atoms with Crippen molar-refractivity contribution in [2.24, 2.45) is 11.3 Å². The summed E-state index contributed by atoms with van der Waals surface area (Å²) in [4.78, 5) is 49.4. The number of carbonyl (C=O) groups excluding carboxylic acids is 4. The van der Waals surface area contributed by atoms with E-state index in [0.717, 1.165) is 38.5 Å². The predicted octanol–water partition coefficient (Wildman–Crippen LogP) is 7.74. The molecule has 0 radical (unpaired) electrons. The highest BCUT2D eigenvalue weighted by molar-refractivity contribution is 5.78. The van der Waals surface area contributed by atoms with Crippen molar-refractivity contribution in [3.8, 4) is 0 Å². The van der Waals surface area contributed by atoms with Crippen LogP contribution in [0.3, 0.4) is 0 Å². The third-order valence-corrected chi connectivity index (χ3v) is 9.34. The van der Waals surface area contributed by atoms with Crippen LogP contribution in [0.1, 0.15) is 163 Å². The molecule has 52 heavy (non-hydrogen) atoms. The van der Waals surface area contributed by atoms with E-state index in [1.54, 1.807) is 13.8 Å². The number of aliphatic hydroxyl groups excluding tert-OH is 1. The van der Waals surface area contributed by atoms with E-state index in [1.165, 1.54) is 58.3 Å². The molecule has 0 heterocycles. The molecule has 0 bridgehead atoms. The minimum Gasteiger partial charge on any atom is -0.464 e. The van der Waals surface area contributed by atoms with Crippen LogP contribution in [0.5, 0.6) is 0 Å². The molecule has 1 aliphatic carbocycles. The van der Waals surface area contributed by atoms with Crippen molar-refractivity contribution >= 4 is 23.9 Å². The molecule has 304 valence electrons. The van der Waals surface area contributed by atoms with Gasteiger partial charge in [-0.05, 0) is 45.4 Å². The number of carbonyl (C=O) groups is 4. The smallest absolute Gasteiger partial charge is 0.317 e. The van der Waals surface area contributed by atoms with Crippen LogP contribution in [0.15, 0.2) is 0 Å². The van der Waals surface area contributed by atoms with E-state index in [-0.39, 0.29) is 63.5 Å². The molecule has 1 fully saturated rings. The minimum absolute atomic E-state index is 0.0261. The SMILES string of the molecule is CCCCCCCCCC(=O)OCC(COC(=O)CCCCCCCCC)OCOCOC1CCC(OC(=O)C(C)(CO)COC(=O)C(C)C)CC1. The van der Waals surface area contributed by atoms with E-state index in [0.29, 0.717) is 38.5 Å². The molecule has 0 saturated heterocycles. The van der Waals surface area contributed by atoms with E-state index in [2.05, 4.69) is 13.8 Å². The van der Waals surface area contributed by atoms with Gasteiger partial charge in [-0.2, -0.15) is 0 Å². The Bertz CT molecular complexity index is 915. The van der Waals surface area contributed by atoms with Gasteiger partial charge in [-0.3, -0.25) is 19.2 Å². The second kappa shape index (κ2) is 30.1. The first-order valence-electron chi connectivity index (χ1n) is 20.1. The van der Waals surface area contributed by atoms with Gasteiger partial charge in [-0.1, -0.05) is 105 Å². The second-order valence-electron chi connectivity index (χ2n) is 14.8. The summed E-state index contributed by atoms with van der Waals surface area (Å²) in [6, 6.07) is 0. The van der Waals surface area contributed by atoms with E-state index in [9.17, 15) is 24.3 Å². The van der Waals surface area contributed by atoms with Crippen molar-refractivity contribution in [3.63, 3.8) is 0 Å². The van der Waals surface area contributed by atoms with Gasteiger partial charge in [0, 0.05) is 12.8 Å². The third kappa shape index (κ3) is 23.4. The van der Waals surface area contributed by atoms with Crippen LogP contribution in [0.25, 0.3) is 0 Å². The van der Waals surface area contributed by atoms with E-state index in [1.807, 2.05) is 0 Å².